The number of urea groups is 1. The molecule has 44 heavy (non-hydrogen) atoms. The maximum Gasteiger partial charge on any atom is 0.409 e. The van der Waals surface area contributed by atoms with Crippen molar-refractivity contribution in [3.05, 3.63) is 88.5 Å². The zero-order chi connectivity index (χ0) is 31.0. The van der Waals surface area contributed by atoms with E-state index in [1.807, 2.05) is 49.4 Å². The van der Waals surface area contributed by atoms with Crippen LogP contribution in [0.1, 0.15) is 36.8 Å². The van der Waals surface area contributed by atoms with Gasteiger partial charge in [-0.3, -0.25) is 0 Å². The lowest BCUT2D eigenvalue weighted by atomic mass is 9.98. The number of sulfonamides is 1. The third-order valence-electron chi connectivity index (χ3n) is 8.54. The number of nitrogens with one attached hydrogen (secondary N) is 2. The molecule has 3 aliphatic rings. The van der Waals surface area contributed by atoms with Crippen LogP contribution in [0.25, 0.3) is 11.1 Å². The van der Waals surface area contributed by atoms with Gasteiger partial charge in [-0.25, -0.2) is 18.0 Å². The number of benzene rings is 3. The summed E-state index contributed by atoms with van der Waals surface area (Å²) in [4.78, 5) is 26.6. The zero-order valence-corrected chi connectivity index (χ0v) is 25.7. The minimum Gasteiger partial charge on any atom is -0.504 e. The van der Waals surface area contributed by atoms with E-state index in [9.17, 15) is 23.1 Å². The molecule has 12 heteroatoms. The number of piperazine rings is 1. The second kappa shape index (κ2) is 12.1. The molecule has 0 saturated carbocycles. The second-order valence-electron chi connectivity index (χ2n) is 11.1. The Hall–Kier alpha value is -4.06. The zero-order valence-electron chi connectivity index (χ0n) is 24.1. The van der Waals surface area contributed by atoms with Gasteiger partial charge in [0, 0.05) is 32.1 Å². The Morgan fingerprint density at radius 3 is 2.23 bits per heavy atom. The number of rotatable bonds is 6. The molecule has 10 nitrogen and oxygen atoms in total. The van der Waals surface area contributed by atoms with Crippen LogP contribution in [0, 0.1) is 0 Å². The Labute approximate surface area is 261 Å². The number of aromatic hydroxyl groups is 1. The fourth-order valence-corrected chi connectivity index (χ4v) is 8.18. The van der Waals surface area contributed by atoms with Crippen molar-refractivity contribution < 1.29 is 27.9 Å². The van der Waals surface area contributed by atoms with E-state index in [4.69, 9.17) is 16.3 Å². The molecule has 1 atom stereocenters. The van der Waals surface area contributed by atoms with Crippen molar-refractivity contribution in [1.29, 1.82) is 0 Å². The maximum absolute atomic E-state index is 13.6. The average molecular weight is 637 g/mol. The topological polar surface area (TPSA) is 128 Å². The van der Waals surface area contributed by atoms with Crippen LogP contribution in [0.2, 0.25) is 5.02 Å². The summed E-state index contributed by atoms with van der Waals surface area (Å²) in [6.45, 7) is 2.25. The first-order chi connectivity index (χ1) is 21.1. The number of amides is 3. The fourth-order valence-electron chi connectivity index (χ4n) is 6.17. The van der Waals surface area contributed by atoms with Gasteiger partial charge in [-0.2, -0.15) is 4.31 Å². The lowest BCUT2D eigenvalue weighted by Gasteiger charge is -2.34. The van der Waals surface area contributed by atoms with Crippen LogP contribution in [-0.2, 0) is 14.8 Å². The average Bonchev–Trinajstić information content (AvgIpc) is 3.57. The van der Waals surface area contributed by atoms with Gasteiger partial charge in [0.1, 0.15) is 11.5 Å². The molecule has 0 bridgehead atoms. The number of ether oxygens (including phenoxy) is 1. The largest absolute Gasteiger partial charge is 0.504 e. The molecule has 3 N–H and O–H groups in total. The first-order valence-corrected chi connectivity index (χ1v) is 16.3. The van der Waals surface area contributed by atoms with Crippen LogP contribution >= 0.6 is 11.6 Å². The summed E-state index contributed by atoms with van der Waals surface area (Å²) in [6.07, 6.45) is 3.16. The van der Waals surface area contributed by atoms with Crippen molar-refractivity contribution in [2.75, 3.05) is 38.1 Å². The predicted molar refractivity (Wildman–Crippen MR) is 167 cm³/mol. The van der Waals surface area contributed by atoms with Gasteiger partial charge in [0.2, 0.25) is 10.0 Å². The van der Waals surface area contributed by atoms with Crippen LogP contribution in [0.3, 0.4) is 0 Å². The van der Waals surface area contributed by atoms with Gasteiger partial charge >= 0.3 is 12.1 Å². The van der Waals surface area contributed by atoms with Gasteiger partial charge in [0.25, 0.3) is 0 Å². The van der Waals surface area contributed by atoms with Crippen molar-refractivity contribution in [3.8, 4) is 16.9 Å². The molecule has 0 aromatic heterocycles. The van der Waals surface area contributed by atoms with E-state index in [0.29, 0.717) is 0 Å². The van der Waals surface area contributed by atoms with Crippen LogP contribution in [0.5, 0.6) is 5.75 Å². The van der Waals surface area contributed by atoms with Crippen molar-refractivity contribution in [2.24, 2.45) is 0 Å². The number of anilines is 1. The van der Waals surface area contributed by atoms with Crippen molar-refractivity contribution in [2.45, 2.75) is 36.6 Å². The third kappa shape index (κ3) is 5.62. The van der Waals surface area contributed by atoms with Crippen molar-refractivity contribution in [1.82, 2.24) is 14.5 Å². The lowest BCUT2D eigenvalue weighted by molar-refractivity contribution is 0.0870. The molecule has 3 amide bonds. The number of carbonyl (C=O) groups excluding carboxylic acids is 2. The van der Waals surface area contributed by atoms with Gasteiger partial charge in [0.15, 0.2) is 5.75 Å². The fraction of sp³-hybridized carbons (Fsp3) is 0.312. The van der Waals surface area contributed by atoms with E-state index >= 15 is 0 Å². The number of allylic oxidation sites excluding steroid dienone is 1. The molecule has 3 aromatic rings. The third-order valence-corrected chi connectivity index (χ3v) is 10.9. The number of fused-ring (bicyclic) bond motifs is 3. The van der Waals surface area contributed by atoms with Gasteiger partial charge in [0.05, 0.1) is 16.8 Å². The molecular formula is C32H33ClN4O6S. The molecule has 6 rings (SSSR count). The Bertz CT molecular complexity index is 1710. The van der Waals surface area contributed by atoms with Crippen molar-refractivity contribution in [3.63, 3.8) is 0 Å². The molecule has 2 aliphatic carbocycles. The lowest BCUT2D eigenvalue weighted by Crippen LogP contribution is -2.50. The molecule has 0 spiro atoms. The van der Waals surface area contributed by atoms with E-state index in [0.717, 1.165) is 45.0 Å². The molecule has 1 aliphatic heterocycles. The Morgan fingerprint density at radius 1 is 0.977 bits per heavy atom. The van der Waals surface area contributed by atoms with Crippen LogP contribution < -0.4 is 10.6 Å². The molecule has 0 unspecified atom stereocenters. The molecule has 230 valence electrons. The molecule has 1 heterocycles. The van der Waals surface area contributed by atoms with Gasteiger partial charge in [-0.1, -0.05) is 71.8 Å². The van der Waals surface area contributed by atoms with Gasteiger partial charge in [-0.15, -0.1) is 0 Å². The van der Waals surface area contributed by atoms with E-state index < -0.39 is 32.8 Å². The summed E-state index contributed by atoms with van der Waals surface area (Å²) in [5.74, 6) is -0.731. The minimum absolute atomic E-state index is 0.0201. The standard InChI is InChI=1S/C32H33ClN4O6S/c1-20-7-6-12-27(20)34-31(39)35-28-14-13-26(33)30(29(28)38)44(41,42)37-17-15-36(16-18-37)32(40)43-19-25-23-10-4-2-8-21(23)22-9-3-5-11-24(22)25/h2-5,7-11,13-14,25,27,38H,6,12,15-19H2,1H3,(H2,34,35,39)/t27-/m1/s1. The van der Waals surface area contributed by atoms with Crippen LogP contribution in [0.15, 0.2) is 77.2 Å². The molecule has 3 aromatic carbocycles. The Balaban J connectivity index is 1.09. The SMILES string of the molecule is CC1=CCC[C@H]1NC(=O)Nc1ccc(Cl)c(S(=O)(=O)N2CCN(C(=O)OCC3c4ccccc4-c4ccccc43)CC2)c1O. The summed E-state index contributed by atoms with van der Waals surface area (Å²) in [6, 6.07) is 18.1. The number of nitrogens with zero attached hydrogens (tertiary/aromatic N) is 2. The van der Waals surface area contributed by atoms with E-state index in [1.165, 1.54) is 17.0 Å². The maximum atomic E-state index is 13.6. The number of phenols is 1. The second-order valence-corrected chi connectivity index (χ2v) is 13.4. The number of hydrogen-bond acceptors (Lipinski definition) is 6. The highest BCUT2D eigenvalue weighted by molar-refractivity contribution is 7.89. The summed E-state index contributed by atoms with van der Waals surface area (Å²) in [5, 5.41) is 16.1. The normalized spacial score (nSPS) is 18.4. The van der Waals surface area contributed by atoms with Crippen LogP contribution in [0.4, 0.5) is 15.3 Å². The molecule has 1 fully saturated rings. The highest BCUT2D eigenvalue weighted by Crippen LogP contribution is 2.44. The summed E-state index contributed by atoms with van der Waals surface area (Å²) in [7, 11) is -4.26. The molecule has 1 saturated heterocycles. The monoisotopic (exact) mass is 636 g/mol. The number of phenolic OH excluding ortho intramolecular Hbond substituents is 1. The number of carbonyl (C=O) groups is 2. The summed E-state index contributed by atoms with van der Waals surface area (Å²) in [5.41, 5.74) is 5.43. The van der Waals surface area contributed by atoms with Gasteiger partial charge < -0.3 is 25.4 Å². The number of hydrogen-bond donors (Lipinski definition) is 3. The Morgan fingerprint density at radius 2 is 1.61 bits per heavy atom. The van der Waals surface area contributed by atoms with Gasteiger partial charge in [-0.05, 0) is 54.2 Å². The summed E-state index contributed by atoms with van der Waals surface area (Å²) >= 11 is 6.27. The highest BCUT2D eigenvalue weighted by atomic mass is 35.5. The quantitative estimate of drug-likeness (QED) is 0.241. The first kappa shape index (κ1) is 30.0. The van der Waals surface area contributed by atoms with E-state index in [2.05, 4.69) is 22.8 Å². The first-order valence-electron chi connectivity index (χ1n) is 14.5. The highest BCUT2D eigenvalue weighted by Gasteiger charge is 2.36. The number of halogens is 1. The van der Waals surface area contributed by atoms with Crippen molar-refractivity contribution >= 4 is 39.4 Å². The summed E-state index contributed by atoms with van der Waals surface area (Å²) < 4.78 is 34.1. The van der Waals surface area contributed by atoms with E-state index in [1.54, 1.807) is 0 Å². The molecule has 0 radical (unpaired) electrons. The molecular weight excluding hydrogens is 604 g/mol. The van der Waals surface area contributed by atoms with Crippen LogP contribution in [-0.4, -0.2) is 73.7 Å². The smallest absolute Gasteiger partial charge is 0.409 e. The Kier molecular flexibility index (Phi) is 8.28. The minimum atomic E-state index is -4.26. The predicted octanol–water partition coefficient (Wildman–Crippen LogP) is 5.53. The van der Waals surface area contributed by atoms with E-state index in [-0.39, 0.29) is 55.5 Å².